The van der Waals surface area contributed by atoms with Crippen molar-refractivity contribution >= 4 is 28.9 Å². The van der Waals surface area contributed by atoms with Gasteiger partial charge in [0.15, 0.2) is 0 Å². The monoisotopic (exact) mass is 414 g/mol. The van der Waals surface area contributed by atoms with Crippen molar-refractivity contribution in [3.05, 3.63) is 58.6 Å². The standard InChI is InChI=1S/C21H27ClN6O/c1-14-4-3-5-18(15(14)2)27-10-12-28(13-11-27)21(29)19-20(25-26-24-19)23-17-8-6-16(22)7-9-17/h3-9,19-20,23-26H,10-13H2,1-2H3. The molecule has 0 spiro atoms. The first-order chi connectivity index (χ1) is 14.0. The third-order valence-corrected chi connectivity index (χ3v) is 5.98. The van der Waals surface area contributed by atoms with Gasteiger partial charge in [0.1, 0.15) is 12.2 Å². The fourth-order valence-electron chi connectivity index (χ4n) is 3.86. The van der Waals surface area contributed by atoms with E-state index in [1.807, 2.05) is 29.2 Å². The van der Waals surface area contributed by atoms with Gasteiger partial charge in [-0.3, -0.25) is 4.79 Å². The Labute approximate surface area is 176 Å². The SMILES string of the molecule is Cc1cccc(N2CCN(C(=O)C3NNNC3Nc3ccc(Cl)cc3)CC2)c1C. The van der Waals surface area contributed by atoms with E-state index >= 15 is 0 Å². The number of rotatable bonds is 4. The Morgan fingerprint density at radius 1 is 1.03 bits per heavy atom. The van der Waals surface area contributed by atoms with Crippen LogP contribution in [0.2, 0.25) is 5.02 Å². The molecule has 0 bridgehead atoms. The summed E-state index contributed by atoms with van der Waals surface area (Å²) in [5, 5.41) is 4.01. The molecule has 2 aliphatic rings. The second-order valence-corrected chi connectivity index (χ2v) is 7.99. The summed E-state index contributed by atoms with van der Waals surface area (Å²) in [4.78, 5) is 17.4. The number of hydrazine groups is 2. The molecule has 4 N–H and O–H groups in total. The van der Waals surface area contributed by atoms with Gasteiger partial charge in [-0.25, -0.2) is 10.9 Å². The number of halogens is 1. The summed E-state index contributed by atoms with van der Waals surface area (Å²) in [6.45, 7) is 7.38. The van der Waals surface area contributed by atoms with Gasteiger partial charge in [-0.05, 0) is 55.3 Å². The van der Waals surface area contributed by atoms with Crippen LogP contribution in [-0.4, -0.2) is 49.2 Å². The number of carbonyl (C=O) groups excluding carboxylic acids is 1. The maximum absolute atomic E-state index is 13.1. The predicted molar refractivity (Wildman–Crippen MR) is 117 cm³/mol. The average molecular weight is 415 g/mol. The molecule has 0 radical (unpaired) electrons. The molecule has 4 rings (SSSR count). The highest BCUT2D eigenvalue weighted by Gasteiger charge is 2.36. The normalized spacial score (nSPS) is 22.0. The summed E-state index contributed by atoms with van der Waals surface area (Å²) in [5.41, 5.74) is 13.8. The molecule has 2 fully saturated rings. The first-order valence-electron chi connectivity index (χ1n) is 9.91. The average Bonchev–Trinajstić information content (AvgIpc) is 3.19. The number of carbonyl (C=O) groups is 1. The van der Waals surface area contributed by atoms with E-state index in [1.54, 1.807) is 0 Å². The lowest BCUT2D eigenvalue weighted by molar-refractivity contribution is -0.133. The minimum atomic E-state index is -0.405. The van der Waals surface area contributed by atoms with Crippen LogP contribution in [-0.2, 0) is 4.79 Å². The first kappa shape index (κ1) is 20.0. The number of piperazine rings is 1. The zero-order valence-electron chi connectivity index (χ0n) is 16.7. The lowest BCUT2D eigenvalue weighted by atomic mass is 10.1. The number of nitrogens with one attached hydrogen (secondary N) is 4. The lowest BCUT2D eigenvalue weighted by Gasteiger charge is -2.38. The summed E-state index contributed by atoms with van der Waals surface area (Å²) in [7, 11) is 0. The molecule has 2 aromatic carbocycles. The number of aryl methyl sites for hydroxylation is 1. The van der Waals surface area contributed by atoms with Gasteiger partial charge in [0.05, 0.1) is 0 Å². The molecule has 1 amide bonds. The van der Waals surface area contributed by atoms with Gasteiger partial charge in [-0.2, -0.15) is 5.53 Å². The summed E-state index contributed by atoms with van der Waals surface area (Å²) >= 11 is 5.95. The van der Waals surface area contributed by atoms with Crippen LogP contribution in [0.15, 0.2) is 42.5 Å². The first-order valence-corrected chi connectivity index (χ1v) is 10.3. The molecule has 2 heterocycles. The third kappa shape index (κ3) is 4.33. The number of hydrogen-bond donors (Lipinski definition) is 4. The Morgan fingerprint density at radius 3 is 2.48 bits per heavy atom. The molecule has 2 saturated heterocycles. The Morgan fingerprint density at radius 2 is 1.76 bits per heavy atom. The molecular formula is C21H27ClN6O. The van der Waals surface area contributed by atoms with Crippen LogP contribution < -0.4 is 26.6 Å². The van der Waals surface area contributed by atoms with Gasteiger partial charge in [0, 0.05) is 42.6 Å². The van der Waals surface area contributed by atoms with Crippen LogP contribution in [0, 0.1) is 13.8 Å². The second kappa shape index (κ2) is 8.59. The molecule has 0 aromatic heterocycles. The van der Waals surface area contributed by atoms with Crippen molar-refractivity contribution in [1.82, 2.24) is 21.3 Å². The van der Waals surface area contributed by atoms with Gasteiger partial charge in [-0.1, -0.05) is 23.7 Å². The van der Waals surface area contributed by atoms with Crippen molar-refractivity contribution in [2.75, 3.05) is 36.4 Å². The van der Waals surface area contributed by atoms with Crippen LogP contribution in [0.1, 0.15) is 11.1 Å². The van der Waals surface area contributed by atoms with E-state index in [0.717, 1.165) is 18.8 Å². The number of benzene rings is 2. The van der Waals surface area contributed by atoms with E-state index in [-0.39, 0.29) is 12.1 Å². The fraction of sp³-hybridized carbons (Fsp3) is 0.381. The minimum absolute atomic E-state index is 0.0783. The lowest BCUT2D eigenvalue weighted by Crippen LogP contribution is -2.57. The van der Waals surface area contributed by atoms with Crippen LogP contribution in [0.25, 0.3) is 0 Å². The zero-order chi connectivity index (χ0) is 20.4. The highest BCUT2D eigenvalue weighted by atomic mass is 35.5. The third-order valence-electron chi connectivity index (χ3n) is 5.73. The second-order valence-electron chi connectivity index (χ2n) is 7.55. The van der Waals surface area contributed by atoms with Crippen LogP contribution in [0.3, 0.4) is 0 Å². The van der Waals surface area contributed by atoms with Gasteiger partial charge >= 0.3 is 0 Å². The molecule has 2 aliphatic heterocycles. The van der Waals surface area contributed by atoms with Crippen molar-refractivity contribution < 1.29 is 4.79 Å². The molecule has 7 nitrogen and oxygen atoms in total. The summed E-state index contributed by atoms with van der Waals surface area (Å²) in [6.07, 6.45) is -0.263. The van der Waals surface area contributed by atoms with Crippen molar-refractivity contribution in [3.63, 3.8) is 0 Å². The van der Waals surface area contributed by atoms with Crippen molar-refractivity contribution in [3.8, 4) is 0 Å². The maximum Gasteiger partial charge on any atom is 0.244 e. The molecule has 2 aromatic rings. The number of amides is 1. The van der Waals surface area contributed by atoms with Crippen LogP contribution in [0.5, 0.6) is 0 Å². The quantitative estimate of drug-likeness (QED) is 0.613. The summed E-state index contributed by atoms with van der Waals surface area (Å²) in [6, 6.07) is 13.4. The molecule has 0 saturated carbocycles. The molecule has 154 valence electrons. The van der Waals surface area contributed by atoms with Crippen LogP contribution >= 0.6 is 11.6 Å². The van der Waals surface area contributed by atoms with E-state index in [1.165, 1.54) is 16.8 Å². The van der Waals surface area contributed by atoms with Gasteiger partial charge in [0.25, 0.3) is 0 Å². The largest absolute Gasteiger partial charge is 0.368 e. The van der Waals surface area contributed by atoms with Crippen molar-refractivity contribution in [2.24, 2.45) is 0 Å². The fourth-order valence-corrected chi connectivity index (χ4v) is 3.98. The Bertz CT molecular complexity index is 866. The molecular weight excluding hydrogens is 388 g/mol. The Balaban J connectivity index is 1.37. The maximum atomic E-state index is 13.1. The number of anilines is 2. The number of nitrogens with zero attached hydrogens (tertiary/aromatic N) is 2. The molecule has 2 unspecified atom stereocenters. The van der Waals surface area contributed by atoms with Gasteiger partial charge < -0.3 is 15.1 Å². The minimum Gasteiger partial charge on any atom is -0.368 e. The van der Waals surface area contributed by atoms with Crippen molar-refractivity contribution in [1.29, 1.82) is 0 Å². The molecule has 2 atom stereocenters. The Hall–Kier alpha value is -2.32. The van der Waals surface area contributed by atoms with Crippen LogP contribution in [0.4, 0.5) is 11.4 Å². The van der Waals surface area contributed by atoms with E-state index in [9.17, 15) is 4.79 Å². The molecule has 8 heteroatoms. The van der Waals surface area contributed by atoms with E-state index in [0.29, 0.717) is 18.1 Å². The summed E-state index contributed by atoms with van der Waals surface area (Å²) in [5.74, 6) is 0.0783. The van der Waals surface area contributed by atoms with E-state index in [4.69, 9.17) is 11.6 Å². The number of hydrogen-bond acceptors (Lipinski definition) is 6. The van der Waals surface area contributed by atoms with Crippen molar-refractivity contribution in [2.45, 2.75) is 26.1 Å². The highest BCUT2D eigenvalue weighted by Crippen LogP contribution is 2.24. The van der Waals surface area contributed by atoms with E-state index < -0.39 is 6.04 Å². The molecule has 0 aliphatic carbocycles. The topological polar surface area (TPSA) is 71.7 Å². The van der Waals surface area contributed by atoms with Gasteiger partial charge in [0.2, 0.25) is 5.91 Å². The summed E-state index contributed by atoms with van der Waals surface area (Å²) < 4.78 is 0. The Kier molecular flexibility index (Phi) is 5.91. The van der Waals surface area contributed by atoms with Gasteiger partial charge in [-0.15, -0.1) is 0 Å². The predicted octanol–water partition coefficient (Wildman–Crippen LogP) is 2.02. The highest BCUT2D eigenvalue weighted by molar-refractivity contribution is 6.30. The molecule has 29 heavy (non-hydrogen) atoms. The van der Waals surface area contributed by atoms with E-state index in [2.05, 4.69) is 58.6 Å². The smallest absolute Gasteiger partial charge is 0.244 e. The zero-order valence-corrected chi connectivity index (χ0v) is 17.5.